The van der Waals surface area contributed by atoms with Crippen LogP contribution in [0.15, 0.2) is 54.6 Å². The Labute approximate surface area is 195 Å². The molecule has 0 bridgehead atoms. The number of anilines is 4. The lowest BCUT2D eigenvalue weighted by atomic mass is 9.94. The lowest BCUT2D eigenvalue weighted by molar-refractivity contribution is -0.118. The number of hydrogen-bond acceptors (Lipinski definition) is 6. The van der Waals surface area contributed by atoms with E-state index in [1.54, 1.807) is 7.11 Å². The second-order valence-corrected chi connectivity index (χ2v) is 8.30. The highest BCUT2D eigenvalue weighted by atomic mass is 16.5. The summed E-state index contributed by atoms with van der Waals surface area (Å²) in [4.78, 5) is 24.5. The minimum absolute atomic E-state index is 0.00130. The van der Waals surface area contributed by atoms with Crippen molar-refractivity contribution in [1.29, 1.82) is 0 Å². The molecule has 0 radical (unpaired) electrons. The summed E-state index contributed by atoms with van der Waals surface area (Å²) < 4.78 is 5.49. The first kappa shape index (κ1) is 22.6. The van der Waals surface area contributed by atoms with Gasteiger partial charge in [-0.15, -0.1) is 0 Å². The molecule has 2 N–H and O–H groups in total. The minimum atomic E-state index is -0.514. The number of methoxy groups -OCH3 is 1. The standard InChI is InChI=1S/C26H31N5O2/c1-5-31(6-2)23-17-18(3)27-25(30-23)29-20-13-11-19(12-14-20)28-24(32)26(15-16-26)21-9-7-8-10-22(21)33-4/h7-14,17H,5-6,15-16H2,1-4H3,(H,28,32)(H,27,29,30). The van der Waals surface area contributed by atoms with Crippen LogP contribution in [0.25, 0.3) is 0 Å². The molecular weight excluding hydrogens is 414 g/mol. The number of benzene rings is 2. The number of ether oxygens (including phenoxy) is 1. The van der Waals surface area contributed by atoms with Gasteiger partial charge in [0.1, 0.15) is 11.6 Å². The zero-order valence-corrected chi connectivity index (χ0v) is 19.7. The van der Waals surface area contributed by atoms with Gasteiger partial charge in [0, 0.05) is 41.8 Å². The Bertz CT molecular complexity index is 1120. The van der Waals surface area contributed by atoms with E-state index in [0.717, 1.165) is 60.1 Å². The number of hydrogen-bond donors (Lipinski definition) is 2. The third kappa shape index (κ3) is 4.77. The second-order valence-electron chi connectivity index (χ2n) is 8.30. The van der Waals surface area contributed by atoms with Crippen LogP contribution in [0, 0.1) is 6.92 Å². The fraction of sp³-hybridized carbons (Fsp3) is 0.346. The first-order valence-electron chi connectivity index (χ1n) is 11.4. The molecule has 0 aliphatic heterocycles. The van der Waals surface area contributed by atoms with Crippen molar-refractivity contribution in [3.63, 3.8) is 0 Å². The average Bonchev–Trinajstić information content (AvgIpc) is 3.63. The number of nitrogens with zero attached hydrogens (tertiary/aromatic N) is 3. The highest BCUT2D eigenvalue weighted by Gasteiger charge is 2.52. The molecule has 7 nitrogen and oxygen atoms in total. The smallest absolute Gasteiger partial charge is 0.235 e. The number of rotatable bonds is 9. The van der Waals surface area contributed by atoms with Gasteiger partial charge in [-0.05, 0) is 63.9 Å². The van der Waals surface area contributed by atoms with Crippen molar-refractivity contribution in [2.45, 2.75) is 39.0 Å². The Morgan fingerprint density at radius 1 is 1.03 bits per heavy atom. The molecule has 0 spiro atoms. The van der Waals surface area contributed by atoms with E-state index in [9.17, 15) is 4.79 Å². The summed E-state index contributed by atoms with van der Waals surface area (Å²) in [5, 5.41) is 6.35. The van der Waals surface area contributed by atoms with Crippen molar-refractivity contribution in [2.75, 3.05) is 35.7 Å². The van der Waals surface area contributed by atoms with Gasteiger partial charge in [-0.1, -0.05) is 18.2 Å². The summed E-state index contributed by atoms with van der Waals surface area (Å²) in [6.45, 7) is 7.96. The number of carbonyl (C=O) groups excluding carboxylic acids is 1. The van der Waals surface area contributed by atoms with Gasteiger partial charge in [-0.25, -0.2) is 4.98 Å². The molecule has 1 amide bonds. The van der Waals surface area contributed by atoms with Crippen LogP contribution in [0.4, 0.5) is 23.1 Å². The molecule has 172 valence electrons. The van der Waals surface area contributed by atoms with E-state index in [4.69, 9.17) is 4.74 Å². The topological polar surface area (TPSA) is 79.4 Å². The lowest BCUT2D eigenvalue weighted by Crippen LogP contribution is -2.28. The van der Waals surface area contributed by atoms with E-state index >= 15 is 0 Å². The summed E-state index contributed by atoms with van der Waals surface area (Å²) in [7, 11) is 1.64. The molecule has 0 unspecified atom stereocenters. The summed E-state index contributed by atoms with van der Waals surface area (Å²) in [5.41, 5.74) is 2.95. The van der Waals surface area contributed by atoms with Crippen LogP contribution in [0.2, 0.25) is 0 Å². The number of nitrogens with one attached hydrogen (secondary N) is 2. The fourth-order valence-electron chi connectivity index (χ4n) is 4.12. The van der Waals surface area contributed by atoms with Gasteiger partial charge in [-0.2, -0.15) is 4.98 Å². The molecule has 0 saturated heterocycles. The maximum atomic E-state index is 13.1. The predicted octanol–water partition coefficient (Wildman–Crippen LogP) is 5.05. The largest absolute Gasteiger partial charge is 0.496 e. The monoisotopic (exact) mass is 445 g/mol. The molecule has 7 heteroatoms. The highest BCUT2D eigenvalue weighted by molar-refractivity contribution is 6.02. The van der Waals surface area contributed by atoms with E-state index in [0.29, 0.717) is 5.95 Å². The normalized spacial score (nSPS) is 13.8. The van der Waals surface area contributed by atoms with Crippen LogP contribution in [-0.4, -0.2) is 36.1 Å². The third-order valence-corrected chi connectivity index (χ3v) is 6.13. The molecule has 1 aliphatic rings. The van der Waals surface area contributed by atoms with Crippen molar-refractivity contribution < 1.29 is 9.53 Å². The minimum Gasteiger partial charge on any atom is -0.496 e. The van der Waals surface area contributed by atoms with Gasteiger partial charge < -0.3 is 20.3 Å². The van der Waals surface area contributed by atoms with E-state index in [-0.39, 0.29) is 5.91 Å². The summed E-state index contributed by atoms with van der Waals surface area (Å²) in [5.74, 6) is 2.22. The van der Waals surface area contributed by atoms with Crippen LogP contribution >= 0.6 is 0 Å². The molecule has 3 aromatic rings. The van der Waals surface area contributed by atoms with Gasteiger partial charge in [0.05, 0.1) is 12.5 Å². The molecule has 4 rings (SSSR count). The first-order chi connectivity index (χ1) is 16.0. The number of amides is 1. The van der Waals surface area contributed by atoms with Crippen molar-refractivity contribution in [3.05, 3.63) is 65.9 Å². The zero-order chi connectivity index (χ0) is 23.4. The Kier molecular flexibility index (Phi) is 6.49. The average molecular weight is 446 g/mol. The molecule has 33 heavy (non-hydrogen) atoms. The Morgan fingerprint density at radius 2 is 1.70 bits per heavy atom. The molecule has 1 heterocycles. The summed E-state index contributed by atoms with van der Waals surface area (Å²) in [6, 6.07) is 17.4. The van der Waals surface area contributed by atoms with Crippen molar-refractivity contribution in [2.24, 2.45) is 0 Å². The number of carbonyl (C=O) groups is 1. The molecule has 2 aromatic carbocycles. The SMILES string of the molecule is CCN(CC)c1cc(C)nc(Nc2ccc(NC(=O)C3(c4ccccc4OC)CC3)cc2)n1. The van der Waals surface area contributed by atoms with Crippen molar-refractivity contribution in [1.82, 2.24) is 9.97 Å². The quantitative estimate of drug-likeness (QED) is 0.480. The maximum absolute atomic E-state index is 13.1. The lowest BCUT2D eigenvalue weighted by Gasteiger charge is -2.20. The van der Waals surface area contributed by atoms with Gasteiger partial charge in [0.2, 0.25) is 11.9 Å². The number of aryl methyl sites for hydroxylation is 1. The summed E-state index contributed by atoms with van der Waals surface area (Å²) >= 11 is 0. The van der Waals surface area contributed by atoms with E-state index < -0.39 is 5.41 Å². The van der Waals surface area contributed by atoms with Gasteiger partial charge in [-0.3, -0.25) is 4.79 Å². The van der Waals surface area contributed by atoms with Crippen molar-refractivity contribution >= 4 is 29.0 Å². The van der Waals surface area contributed by atoms with Crippen LogP contribution < -0.4 is 20.3 Å². The van der Waals surface area contributed by atoms with E-state index in [1.807, 2.05) is 61.5 Å². The van der Waals surface area contributed by atoms with Crippen LogP contribution in [-0.2, 0) is 10.2 Å². The maximum Gasteiger partial charge on any atom is 0.235 e. The zero-order valence-electron chi connectivity index (χ0n) is 19.7. The van der Waals surface area contributed by atoms with Gasteiger partial charge in [0.15, 0.2) is 0 Å². The van der Waals surface area contributed by atoms with Crippen LogP contribution in [0.1, 0.15) is 37.9 Å². The van der Waals surface area contributed by atoms with Gasteiger partial charge >= 0.3 is 0 Å². The van der Waals surface area contributed by atoms with E-state index in [2.05, 4.69) is 39.3 Å². The summed E-state index contributed by atoms with van der Waals surface area (Å²) in [6.07, 6.45) is 1.64. The van der Waals surface area contributed by atoms with Crippen molar-refractivity contribution in [3.8, 4) is 5.75 Å². The number of aromatic nitrogens is 2. The predicted molar refractivity (Wildman–Crippen MR) is 133 cm³/mol. The molecule has 1 saturated carbocycles. The fourth-order valence-corrected chi connectivity index (χ4v) is 4.12. The second kappa shape index (κ2) is 9.48. The molecule has 1 fully saturated rings. The Morgan fingerprint density at radius 3 is 2.33 bits per heavy atom. The number of para-hydroxylation sites is 1. The van der Waals surface area contributed by atoms with E-state index in [1.165, 1.54) is 0 Å². The molecule has 1 aliphatic carbocycles. The molecule has 1 aromatic heterocycles. The van der Waals surface area contributed by atoms with Crippen LogP contribution in [0.5, 0.6) is 5.75 Å². The molecule has 0 atom stereocenters. The third-order valence-electron chi connectivity index (χ3n) is 6.13. The first-order valence-corrected chi connectivity index (χ1v) is 11.4. The Hall–Kier alpha value is -3.61. The van der Waals surface area contributed by atoms with Gasteiger partial charge in [0.25, 0.3) is 0 Å². The molecular formula is C26H31N5O2. The highest BCUT2D eigenvalue weighted by Crippen LogP contribution is 2.52. The van der Waals surface area contributed by atoms with Crippen LogP contribution in [0.3, 0.4) is 0 Å². The Balaban J connectivity index is 1.46.